The van der Waals surface area contributed by atoms with Crippen molar-refractivity contribution in [2.75, 3.05) is 0 Å². The fourth-order valence-electron chi connectivity index (χ4n) is 1.67. The summed E-state index contributed by atoms with van der Waals surface area (Å²) in [5, 5.41) is 4.21. The molecule has 0 bridgehead atoms. The maximum absolute atomic E-state index is 13.6. The zero-order valence-corrected chi connectivity index (χ0v) is 11.1. The molecule has 1 aromatic heterocycles. The molecule has 0 aliphatic rings. The van der Waals surface area contributed by atoms with Crippen molar-refractivity contribution in [2.45, 2.75) is 26.5 Å². The van der Waals surface area contributed by atoms with Crippen molar-refractivity contribution in [3.63, 3.8) is 0 Å². The Hall–Kier alpha value is -2.24. The summed E-state index contributed by atoms with van der Waals surface area (Å²) in [6.45, 7) is 3.89. The number of benzene rings is 1. The van der Waals surface area contributed by atoms with Gasteiger partial charge in [-0.1, -0.05) is 0 Å². The normalized spacial score (nSPS) is 10.8. The maximum atomic E-state index is 13.6. The van der Waals surface area contributed by atoms with Crippen LogP contribution in [0.3, 0.4) is 0 Å². The van der Waals surface area contributed by atoms with Gasteiger partial charge >= 0.3 is 0 Å². The number of hydrogen-bond donors (Lipinski definition) is 0. The molecule has 0 radical (unpaired) electrons. The number of carbonyl (C=O) groups is 1. The van der Waals surface area contributed by atoms with Gasteiger partial charge in [0.05, 0.1) is 5.69 Å². The minimum absolute atomic E-state index is 0.0476. The van der Waals surface area contributed by atoms with E-state index in [0.29, 0.717) is 12.0 Å². The monoisotopic (exact) mass is 280 g/mol. The van der Waals surface area contributed by atoms with Gasteiger partial charge in [-0.05, 0) is 32.0 Å². The van der Waals surface area contributed by atoms with E-state index in [9.17, 15) is 13.6 Å². The summed E-state index contributed by atoms with van der Waals surface area (Å²) in [5.41, 5.74) is 0.494. The SMILES string of the molecule is CC(C)n1ccc(COc2c(F)cc(C=O)cc2F)n1. The van der Waals surface area contributed by atoms with Crippen LogP contribution < -0.4 is 4.74 Å². The lowest BCUT2D eigenvalue weighted by molar-refractivity contribution is 0.112. The van der Waals surface area contributed by atoms with Crippen molar-refractivity contribution in [1.29, 1.82) is 0 Å². The van der Waals surface area contributed by atoms with Crippen LogP contribution in [0.15, 0.2) is 24.4 Å². The summed E-state index contributed by atoms with van der Waals surface area (Å²) in [5.74, 6) is -2.32. The van der Waals surface area contributed by atoms with Crippen LogP contribution in [-0.2, 0) is 6.61 Å². The van der Waals surface area contributed by atoms with Crippen LogP contribution in [0.25, 0.3) is 0 Å². The highest BCUT2D eigenvalue weighted by atomic mass is 19.1. The third kappa shape index (κ3) is 3.01. The second-order valence-corrected chi connectivity index (χ2v) is 4.60. The molecule has 0 atom stereocenters. The molecule has 0 N–H and O–H groups in total. The van der Waals surface area contributed by atoms with E-state index >= 15 is 0 Å². The summed E-state index contributed by atoms with van der Waals surface area (Å²) in [7, 11) is 0. The first-order valence-corrected chi connectivity index (χ1v) is 6.12. The largest absolute Gasteiger partial charge is 0.481 e. The molecule has 106 valence electrons. The molecule has 20 heavy (non-hydrogen) atoms. The summed E-state index contributed by atoms with van der Waals surface area (Å²) in [4.78, 5) is 10.5. The standard InChI is InChI=1S/C14H14F2N2O2/c1-9(2)18-4-3-11(17-18)8-20-14-12(15)5-10(7-19)6-13(14)16/h3-7,9H,8H2,1-2H3. The van der Waals surface area contributed by atoms with Gasteiger partial charge in [0.25, 0.3) is 0 Å². The van der Waals surface area contributed by atoms with Crippen LogP contribution in [-0.4, -0.2) is 16.1 Å². The summed E-state index contributed by atoms with van der Waals surface area (Å²) < 4.78 is 34.0. The molecule has 6 heteroatoms. The first-order chi connectivity index (χ1) is 9.51. The van der Waals surface area contributed by atoms with Crippen LogP contribution >= 0.6 is 0 Å². The fraction of sp³-hybridized carbons (Fsp3) is 0.286. The first kappa shape index (κ1) is 14.2. The van der Waals surface area contributed by atoms with Gasteiger partial charge in [0.15, 0.2) is 17.4 Å². The summed E-state index contributed by atoms with van der Waals surface area (Å²) in [6, 6.07) is 3.77. The van der Waals surface area contributed by atoms with Gasteiger partial charge in [-0.3, -0.25) is 9.48 Å². The fourth-order valence-corrected chi connectivity index (χ4v) is 1.67. The van der Waals surface area contributed by atoms with Gasteiger partial charge in [0.1, 0.15) is 12.9 Å². The third-order valence-corrected chi connectivity index (χ3v) is 2.71. The molecule has 0 amide bonds. The lowest BCUT2D eigenvalue weighted by Crippen LogP contribution is -2.05. The number of carbonyl (C=O) groups excluding carboxylic acids is 1. The number of aldehydes is 1. The number of halogens is 2. The minimum atomic E-state index is -0.907. The molecule has 0 fully saturated rings. The highest BCUT2D eigenvalue weighted by molar-refractivity contribution is 5.75. The molecule has 0 unspecified atom stereocenters. The zero-order chi connectivity index (χ0) is 14.7. The quantitative estimate of drug-likeness (QED) is 0.790. The van der Waals surface area contributed by atoms with Crippen molar-refractivity contribution in [2.24, 2.45) is 0 Å². The van der Waals surface area contributed by atoms with Gasteiger partial charge in [0, 0.05) is 17.8 Å². The zero-order valence-electron chi connectivity index (χ0n) is 11.1. The van der Waals surface area contributed by atoms with Crippen LogP contribution in [0.2, 0.25) is 0 Å². The van der Waals surface area contributed by atoms with Crippen LogP contribution in [0.4, 0.5) is 8.78 Å². The van der Waals surface area contributed by atoms with Gasteiger partial charge in [-0.25, -0.2) is 8.78 Å². The predicted octanol–water partition coefficient (Wildman–Crippen LogP) is 3.13. The Morgan fingerprint density at radius 1 is 1.35 bits per heavy atom. The molecule has 2 aromatic rings. The van der Waals surface area contributed by atoms with Crippen molar-refractivity contribution in [3.8, 4) is 5.75 Å². The molecule has 1 aromatic carbocycles. The first-order valence-electron chi connectivity index (χ1n) is 6.12. The van der Waals surface area contributed by atoms with Crippen LogP contribution in [0.5, 0.6) is 5.75 Å². The van der Waals surface area contributed by atoms with Crippen molar-refractivity contribution < 1.29 is 18.3 Å². The third-order valence-electron chi connectivity index (χ3n) is 2.71. The topological polar surface area (TPSA) is 44.1 Å². The van der Waals surface area contributed by atoms with E-state index in [0.717, 1.165) is 12.1 Å². The number of rotatable bonds is 5. The highest BCUT2D eigenvalue weighted by Gasteiger charge is 2.13. The van der Waals surface area contributed by atoms with E-state index in [1.807, 2.05) is 13.8 Å². The van der Waals surface area contributed by atoms with Crippen LogP contribution in [0, 0.1) is 11.6 Å². The molecule has 4 nitrogen and oxygen atoms in total. The van der Waals surface area contributed by atoms with Crippen LogP contribution in [0.1, 0.15) is 35.9 Å². The van der Waals surface area contributed by atoms with E-state index in [4.69, 9.17) is 4.74 Å². The van der Waals surface area contributed by atoms with E-state index < -0.39 is 17.4 Å². The molecule has 0 aliphatic heterocycles. The average molecular weight is 280 g/mol. The Morgan fingerprint density at radius 2 is 2.00 bits per heavy atom. The second kappa shape index (κ2) is 5.81. The Morgan fingerprint density at radius 3 is 2.50 bits per heavy atom. The molecular formula is C14H14F2N2O2. The molecule has 2 rings (SSSR count). The number of ether oxygens (including phenoxy) is 1. The number of aromatic nitrogens is 2. The average Bonchev–Trinajstić information content (AvgIpc) is 2.86. The number of hydrogen-bond acceptors (Lipinski definition) is 3. The maximum Gasteiger partial charge on any atom is 0.191 e. The Bertz CT molecular complexity index is 600. The molecule has 0 spiro atoms. The molecule has 0 saturated carbocycles. The van der Waals surface area contributed by atoms with Crippen molar-refractivity contribution >= 4 is 6.29 Å². The lowest BCUT2D eigenvalue weighted by atomic mass is 10.2. The van der Waals surface area contributed by atoms with E-state index in [-0.39, 0.29) is 18.2 Å². The molecule has 1 heterocycles. The van der Waals surface area contributed by atoms with Crippen molar-refractivity contribution in [3.05, 3.63) is 47.3 Å². The molecular weight excluding hydrogens is 266 g/mol. The molecule has 0 saturated heterocycles. The highest BCUT2D eigenvalue weighted by Crippen LogP contribution is 2.23. The van der Waals surface area contributed by atoms with Gasteiger partial charge in [0.2, 0.25) is 0 Å². The minimum Gasteiger partial charge on any atom is -0.481 e. The molecule has 0 aliphatic carbocycles. The second-order valence-electron chi connectivity index (χ2n) is 4.60. The summed E-state index contributed by atoms with van der Waals surface area (Å²) >= 11 is 0. The van der Waals surface area contributed by atoms with Gasteiger partial charge in [-0.2, -0.15) is 5.10 Å². The van der Waals surface area contributed by atoms with E-state index in [2.05, 4.69) is 5.10 Å². The number of nitrogens with zero attached hydrogens (tertiary/aromatic N) is 2. The van der Waals surface area contributed by atoms with E-state index in [1.54, 1.807) is 16.9 Å². The Balaban J connectivity index is 2.12. The van der Waals surface area contributed by atoms with E-state index in [1.165, 1.54) is 0 Å². The van der Waals surface area contributed by atoms with Gasteiger partial charge < -0.3 is 4.74 Å². The Kier molecular flexibility index (Phi) is 4.12. The lowest BCUT2D eigenvalue weighted by Gasteiger charge is -2.08. The van der Waals surface area contributed by atoms with Crippen molar-refractivity contribution in [1.82, 2.24) is 9.78 Å². The predicted molar refractivity (Wildman–Crippen MR) is 68.7 cm³/mol. The smallest absolute Gasteiger partial charge is 0.191 e. The summed E-state index contributed by atoms with van der Waals surface area (Å²) in [6.07, 6.45) is 2.14. The Labute approximate surface area is 115 Å². The van der Waals surface area contributed by atoms with Gasteiger partial charge in [-0.15, -0.1) is 0 Å².